The van der Waals surface area contributed by atoms with Crippen LogP contribution < -0.4 is 10.1 Å². The van der Waals surface area contributed by atoms with E-state index in [1.54, 1.807) is 13.2 Å². The van der Waals surface area contributed by atoms with Gasteiger partial charge in [-0.05, 0) is 38.1 Å². The highest BCUT2D eigenvalue weighted by Crippen LogP contribution is 2.16. The van der Waals surface area contributed by atoms with Gasteiger partial charge in [-0.1, -0.05) is 25.0 Å². The maximum Gasteiger partial charge on any atom is 0.255 e. The molecule has 1 saturated heterocycles. The van der Waals surface area contributed by atoms with Crippen LogP contribution in [-0.2, 0) is 0 Å². The van der Waals surface area contributed by atoms with Crippen LogP contribution in [0.15, 0.2) is 24.3 Å². The first-order chi connectivity index (χ1) is 9.81. The molecule has 0 radical (unpaired) electrons. The summed E-state index contributed by atoms with van der Waals surface area (Å²) in [5.41, 5.74) is 0.603. The molecule has 20 heavy (non-hydrogen) atoms. The Morgan fingerprint density at radius 1 is 1.20 bits per heavy atom. The average molecular weight is 276 g/mol. The maximum absolute atomic E-state index is 12.1. The lowest BCUT2D eigenvalue weighted by Crippen LogP contribution is -2.35. The number of carbonyl (C=O) groups excluding carboxylic acids is 1. The molecule has 110 valence electrons. The molecule has 1 aliphatic rings. The predicted octanol–water partition coefficient (Wildman–Crippen LogP) is 2.30. The Bertz CT molecular complexity index is 426. The third-order valence-electron chi connectivity index (χ3n) is 3.76. The predicted molar refractivity (Wildman–Crippen MR) is 80.2 cm³/mol. The van der Waals surface area contributed by atoms with E-state index in [9.17, 15) is 4.79 Å². The molecule has 0 bridgehead atoms. The van der Waals surface area contributed by atoms with E-state index in [0.717, 1.165) is 19.6 Å². The largest absolute Gasteiger partial charge is 0.496 e. The maximum atomic E-state index is 12.1. The minimum atomic E-state index is -0.0581. The highest BCUT2D eigenvalue weighted by atomic mass is 16.5. The first-order valence-electron chi connectivity index (χ1n) is 7.45. The first kappa shape index (κ1) is 14.9. The van der Waals surface area contributed by atoms with Crippen molar-refractivity contribution in [2.24, 2.45) is 0 Å². The summed E-state index contributed by atoms with van der Waals surface area (Å²) in [4.78, 5) is 14.6. The zero-order chi connectivity index (χ0) is 14.2. The topological polar surface area (TPSA) is 41.6 Å². The number of benzene rings is 1. The molecule has 0 saturated carbocycles. The lowest BCUT2D eigenvalue weighted by molar-refractivity contribution is 0.0945. The van der Waals surface area contributed by atoms with Crippen LogP contribution in [0.2, 0.25) is 0 Å². The number of nitrogens with zero attached hydrogens (tertiary/aromatic N) is 1. The summed E-state index contributed by atoms with van der Waals surface area (Å²) in [6, 6.07) is 7.32. The monoisotopic (exact) mass is 276 g/mol. The van der Waals surface area contributed by atoms with E-state index in [1.165, 1.54) is 25.7 Å². The highest BCUT2D eigenvalue weighted by molar-refractivity contribution is 5.96. The van der Waals surface area contributed by atoms with Crippen molar-refractivity contribution in [3.05, 3.63) is 29.8 Å². The van der Waals surface area contributed by atoms with Gasteiger partial charge in [-0.25, -0.2) is 0 Å². The molecule has 4 heteroatoms. The van der Waals surface area contributed by atoms with Gasteiger partial charge in [0, 0.05) is 13.1 Å². The quantitative estimate of drug-likeness (QED) is 0.897. The molecule has 0 atom stereocenters. The van der Waals surface area contributed by atoms with Crippen molar-refractivity contribution in [1.29, 1.82) is 0 Å². The van der Waals surface area contributed by atoms with Crippen LogP contribution in [0.5, 0.6) is 5.75 Å². The SMILES string of the molecule is COc1ccccc1C(=O)NCCN1CCCCCC1. The van der Waals surface area contributed by atoms with Crippen LogP contribution in [0.3, 0.4) is 0 Å². The van der Waals surface area contributed by atoms with Crippen LogP contribution in [0.1, 0.15) is 36.0 Å². The molecule has 1 heterocycles. The van der Waals surface area contributed by atoms with E-state index in [-0.39, 0.29) is 5.91 Å². The van der Waals surface area contributed by atoms with Crippen molar-refractivity contribution < 1.29 is 9.53 Å². The fourth-order valence-corrected chi connectivity index (χ4v) is 2.61. The Kier molecular flexibility index (Phi) is 5.87. The van der Waals surface area contributed by atoms with E-state index in [0.29, 0.717) is 17.9 Å². The number of nitrogens with one attached hydrogen (secondary N) is 1. The number of rotatable bonds is 5. The third kappa shape index (κ3) is 4.23. The second-order valence-corrected chi connectivity index (χ2v) is 5.21. The molecule has 0 aliphatic carbocycles. The minimum Gasteiger partial charge on any atom is -0.496 e. The fourth-order valence-electron chi connectivity index (χ4n) is 2.61. The lowest BCUT2D eigenvalue weighted by atomic mass is 10.2. The Labute approximate surface area is 121 Å². The molecular formula is C16H24N2O2. The molecule has 0 spiro atoms. The summed E-state index contributed by atoms with van der Waals surface area (Å²) in [6.07, 6.45) is 5.23. The summed E-state index contributed by atoms with van der Waals surface area (Å²) >= 11 is 0. The minimum absolute atomic E-state index is 0.0581. The number of hydrogen-bond donors (Lipinski definition) is 1. The lowest BCUT2D eigenvalue weighted by Gasteiger charge is -2.19. The van der Waals surface area contributed by atoms with Gasteiger partial charge in [-0.3, -0.25) is 4.79 Å². The Balaban J connectivity index is 1.79. The average Bonchev–Trinajstić information content (AvgIpc) is 2.76. The van der Waals surface area contributed by atoms with Crippen molar-refractivity contribution in [3.8, 4) is 5.75 Å². The van der Waals surface area contributed by atoms with Gasteiger partial charge in [0.2, 0.25) is 0 Å². The van der Waals surface area contributed by atoms with E-state index >= 15 is 0 Å². The van der Waals surface area contributed by atoms with Crippen molar-refractivity contribution in [2.45, 2.75) is 25.7 Å². The number of carbonyl (C=O) groups is 1. The molecule has 1 N–H and O–H groups in total. The van der Waals surface area contributed by atoms with Crippen molar-refractivity contribution in [3.63, 3.8) is 0 Å². The van der Waals surface area contributed by atoms with E-state index in [1.807, 2.05) is 18.2 Å². The summed E-state index contributed by atoms with van der Waals surface area (Å²) in [5.74, 6) is 0.567. The molecule has 1 aromatic carbocycles. The summed E-state index contributed by atoms with van der Waals surface area (Å²) in [5, 5.41) is 2.98. The van der Waals surface area contributed by atoms with Gasteiger partial charge < -0.3 is 15.0 Å². The number of likely N-dealkylation sites (tertiary alicyclic amines) is 1. The number of para-hydroxylation sites is 1. The van der Waals surface area contributed by atoms with Crippen molar-refractivity contribution in [1.82, 2.24) is 10.2 Å². The van der Waals surface area contributed by atoms with Gasteiger partial charge in [-0.2, -0.15) is 0 Å². The second-order valence-electron chi connectivity index (χ2n) is 5.21. The standard InChI is InChI=1S/C16H24N2O2/c1-20-15-9-5-4-8-14(15)16(19)17-10-13-18-11-6-2-3-7-12-18/h4-5,8-9H,2-3,6-7,10-13H2,1H3,(H,17,19). The molecule has 0 aromatic heterocycles. The van der Waals surface area contributed by atoms with E-state index < -0.39 is 0 Å². The Hall–Kier alpha value is -1.55. The zero-order valence-electron chi connectivity index (χ0n) is 12.2. The summed E-state index contributed by atoms with van der Waals surface area (Å²) < 4.78 is 5.21. The molecule has 0 unspecified atom stereocenters. The molecule has 2 rings (SSSR count). The van der Waals surface area contributed by atoms with Crippen LogP contribution >= 0.6 is 0 Å². The van der Waals surface area contributed by atoms with Crippen LogP contribution in [0.4, 0.5) is 0 Å². The van der Waals surface area contributed by atoms with Crippen LogP contribution in [-0.4, -0.2) is 44.1 Å². The van der Waals surface area contributed by atoms with Crippen LogP contribution in [0.25, 0.3) is 0 Å². The van der Waals surface area contributed by atoms with Gasteiger partial charge in [0.1, 0.15) is 5.75 Å². The number of hydrogen-bond acceptors (Lipinski definition) is 3. The van der Waals surface area contributed by atoms with Crippen molar-refractivity contribution >= 4 is 5.91 Å². The molecule has 1 aliphatic heterocycles. The zero-order valence-corrected chi connectivity index (χ0v) is 12.2. The van der Waals surface area contributed by atoms with Gasteiger partial charge >= 0.3 is 0 Å². The summed E-state index contributed by atoms with van der Waals surface area (Å²) in [6.45, 7) is 3.94. The fraction of sp³-hybridized carbons (Fsp3) is 0.562. The molecule has 1 amide bonds. The smallest absolute Gasteiger partial charge is 0.255 e. The molecule has 1 fully saturated rings. The van der Waals surface area contributed by atoms with Crippen molar-refractivity contribution in [2.75, 3.05) is 33.3 Å². The Morgan fingerprint density at radius 2 is 1.90 bits per heavy atom. The molecule has 1 aromatic rings. The number of amides is 1. The highest BCUT2D eigenvalue weighted by Gasteiger charge is 2.12. The Morgan fingerprint density at radius 3 is 2.60 bits per heavy atom. The van der Waals surface area contributed by atoms with Gasteiger partial charge in [0.15, 0.2) is 0 Å². The van der Waals surface area contributed by atoms with Gasteiger partial charge in [0.25, 0.3) is 5.91 Å². The van der Waals surface area contributed by atoms with E-state index in [4.69, 9.17) is 4.74 Å². The number of methoxy groups -OCH3 is 1. The molecule has 4 nitrogen and oxygen atoms in total. The van der Waals surface area contributed by atoms with Gasteiger partial charge in [-0.15, -0.1) is 0 Å². The van der Waals surface area contributed by atoms with E-state index in [2.05, 4.69) is 10.2 Å². The summed E-state index contributed by atoms with van der Waals surface area (Å²) in [7, 11) is 1.59. The number of ether oxygens (including phenoxy) is 1. The normalized spacial score (nSPS) is 16.4. The first-order valence-corrected chi connectivity index (χ1v) is 7.45. The van der Waals surface area contributed by atoms with Crippen LogP contribution in [0, 0.1) is 0 Å². The second kappa shape index (κ2) is 7.90. The third-order valence-corrected chi connectivity index (χ3v) is 3.76. The van der Waals surface area contributed by atoms with Gasteiger partial charge in [0.05, 0.1) is 12.7 Å². The molecular weight excluding hydrogens is 252 g/mol.